The van der Waals surface area contributed by atoms with Crippen molar-refractivity contribution in [3.05, 3.63) is 53.1 Å². The van der Waals surface area contributed by atoms with Crippen molar-refractivity contribution in [3.8, 4) is 5.75 Å². The summed E-state index contributed by atoms with van der Waals surface area (Å²) >= 11 is 0. The Morgan fingerprint density at radius 2 is 1.79 bits per heavy atom. The van der Waals surface area contributed by atoms with Gasteiger partial charge < -0.3 is 33.3 Å². The Kier molecular flexibility index (Phi) is 13.3. The molecule has 0 unspecified atom stereocenters. The van der Waals surface area contributed by atoms with Crippen molar-refractivity contribution >= 4 is 11.8 Å². The van der Waals surface area contributed by atoms with Crippen molar-refractivity contribution in [2.75, 3.05) is 27.5 Å². The van der Waals surface area contributed by atoms with Gasteiger partial charge in [0.1, 0.15) is 11.9 Å². The monoisotopic (exact) mass is 721 g/mol. The third-order valence-electron chi connectivity index (χ3n) is 12.7. The zero-order chi connectivity index (χ0) is 36.9. The number of Topliss-reactive ketones (excluding diaryl/α,β-unsaturated/α-hetero) is 1. The highest BCUT2D eigenvalue weighted by Gasteiger charge is 2.52. The summed E-state index contributed by atoms with van der Waals surface area (Å²) in [4.78, 5) is 30.4. The molecule has 0 aromatic heterocycles. The summed E-state index contributed by atoms with van der Waals surface area (Å²) in [5.74, 6) is 1.16. The second kappa shape index (κ2) is 17.7. The maximum absolute atomic E-state index is 14.7. The number of carbonyl (C=O) groups excluding carboxylic acids is 2. The van der Waals surface area contributed by atoms with Gasteiger partial charge in [0.2, 0.25) is 0 Å². The van der Waals surface area contributed by atoms with E-state index in [1.165, 1.54) is 5.57 Å². The number of carbonyl (C=O) groups is 2. The number of benzene rings is 1. The van der Waals surface area contributed by atoms with Crippen LogP contribution >= 0.6 is 0 Å². The first-order chi connectivity index (χ1) is 25.1. The van der Waals surface area contributed by atoms with Crippen LogP contribution in [0.4, 0.5) is 0 Å². The number of fused-ring (bicyclic) bond motifs is 5. The summed E-state index contributed by atoms with van der Waals surface area (Å²) in [6, 6.07) is 8.36. The Bertz CT molecular complexity index is 1440. The molecule has 0 spiro atoms. The molecule has 1 aromatic rings. The van der Waals surface area contributed by atoms with Crippen LogP contribution in [0, 0.1) is 35.5 Å². The van der Waals surface area contributed by atoms with Crippen LogP contribution in [0.15, 0.2) is 47.6 Å². The first kappa shape index (κ1) is 39.1. The van der Waals surface area contributed by atoms with Crippen LogP contribution in [-0.2, 0) is 39.9 Å². The van der Waals surface area contributed by atoms with E-state index in [4.69, 9.17) is 28.4 Å². The number of rotatable bonds is 11. The Morgan fingerprint density at radius 3 is 2.54 bits per heavy atom. The van der Waals surface area contributed by atoms with Crippen LogP contribution < -0.4 is 4.74 Å². The average Bonchev–Trinajstić information content (AvgIpc) is 3.71. The smallest absolute Gasteiger partial charge is 0.306 e. The lowest BCUT2D eigenvalue weighted by atomic mass is 9.67. The van der Waals surface area contributed by atoms with E-state index < -0.39 is 0 Å². The molecule has 12 atom stereocenters. The average molecular weight is 722 g/mol. The van der Waals surface area contributed by atoms with Crippen LogP contribution in [-0.4, -0.2) is 80.9 Å². The lowest BCUT2D eigenvalue weighted by Crippen LogP contribution is -2.47. The SMILES string of the molecule is CCOCOc1cccc(CO[C@H]2C[C@H]3[C@@H]4C=C5C(=O)[C@H](C)[C@@H](O[C@H]6CC[C@H](N(C)C)[C@@H](C)O6)CCC[C@H](CC)OC(=O)C[C@H]5[C@@H]4C=C(C)[C@@H]3C2)c1. The molecule has 3 aliphatic carbocycles. The van der Waals surface area contributed by atoms with Crippen LogP contribution in [0.1, 0.15) is 98.0 Å². The Labute approximate surface area is 311 Å². The molecule has 5 aliphatic rings. The zero-order valence-corrected chi connectivity index (χ0v) is 32.6. The first-order valence-electron chi connectivity index (χ1n) is 20.1. The molecular weight excluding hydrogens is 658 g/mol. The standard InChI is InChI=1S/C43H63NO8/c1-8-30-13-11-15-40(52-42-17-16-39(44(6)7)28(5)50-42)27(4)43(46)38-22-36-34(37(38)23-41(45)51-30)18-26(3)33-20-32(21-35(33)36)48-24-29-12-10-14-31(19-29)49-25-47-9-2/h10,12,14,18-19,22,27-28,30,32-37,39-40,42H,8-9,11,13,15-17,20-21,23-25H2,1-7H3/t27-,28-,30+,32-,33+,34-,35-,36-,37+,39+,40+,42+/m1/s1. The summed E-state index contributed by atoms with van der Waals surface area (Å²) in [6.45, 7) is 11.8. The van der Waals surface area contributed by atoms with E-state index in [1.54, 1.807) is 0 Å². The zero-order valence-electron chi connectivity index (χ0n) is 32.6. The Hall–Kier alpha value is -2.56. The van der Waals surface area contributed by atoms with Crippen LogP contribution in [0.2, 0.25) is 0 Å². The molecule has 0 bridgehead atoms. The van der Waals surface area contributed by atoms with Gasteiger partial charge in [-0.1, -0.05) is 43.7 Å². The highest BCUT2D eigenvalue weighted by molar-refractivity contribution is 5.99. The predicted molar refractivity (Wildman–Crippen MR) is 199 cm³/mol. The number of likely N-dealkylation sites (N-methyl/N-ethyl adjacent to an activating group) is 1. The molecule has 1 aromatic carbocycles. The van der Waals surface area contributed by atoms with Gasteiger partial charge >= 0.3 is 5.97 Å². The normalized spacial score (nSPS) is 36.8. The van der Waals surface area contributed by atoms with Gasteiger partial charge in [0.05, 0.1) is 31.3 Å². The number of esters is 1. The number of cyclic esters (lactones) is 1. The maximum Gasteiger partial charge on any atom is 0.306 e. The number of hydrogen-bond acceptors (Lipinski definition) is 9. The van der Waals surface area contributed by atoms with Gasteiger partial charge in [-0.15, -0.1) is 0 Å². The van der Waals surface area contributed by atoms with Crippen molar-refractivity contribution in [2.24, 2.45) is 35.5 Å². The summed E-state index contributed by atoms with van der Waals surface area (Å²) in [6.07, 6.45) is 11.1. The van der Waals surface area contributed by atoms with E-state index in [0.717, 1.165) is 68.3 Å². The largest absolute Gasteiger partial charge is 0.468 e. The number of hydrogen-bond donors (Lipinski definition) is 0. The van der Waals surface area contributed by atoms with E-state index in [1.807, 2.05) is 32.0 Å². The summed E-state index contributed by atoms with van der Waals surface area (Å²) in [5, 5.41) is 0. The fourth-order valence-corrected chi connectivity index (χ4v) is 9.82. The molecule has 9 nitrogen and oxygen atoms in total. The quantitative estimate of drug-likeness (QED) is 0.0989. The molecule has 1 saturated carbocycles. The molecule has 0 N–H and O–H groups in total. The molecular formula is C43H63NO8. The number of nitrogens with zero attached hydrogens (tertiary/aromatic N) is 1. The Balaban J connectivity index is 1.19. The van der Waals surface area contributed by atoms with Crippen LogP contribution in [0.25, 0.3) is 0 Å². The van der Waals surface area contributed by atoms with Gasteiger partial charge in [-0.05, 0) is 133 Å². The Morgan fingerprint density at radius 1 is 0.962 bits per heavy atom. The first-order valence-corrected chi connectivity index (χ1v) is 20.1. The van der Waals surface area contributed by atoms with E-state index in [9.17, 15) is 9.59 Å². The topological polar surface area (TPSA) is 92.8 Å². The fourth-order valence-electron chi connectivity index (χ4n) is 9.82. The molecule has 6 rings (SSSR count). The molecule has 2 saturated heterocycles. The summed E-state index contributed by atoms with van der Waals surface area (Å²) < 4.78 is 36.8. The minimum atomic E-state index is -0.344. The van der Waals surface area contributed by atoms with Crippen molar-refractivity contribution in [1.82, 2.24) is 4.90 Å². The molecule has 2 aliphatic heterocycles. The van der Waals surface area contributed by atoms with Gasteiger partial charge in [-0.3, -0.25) is 9.59 Å². The lowest BCUT2D eigenvalue weighted by molar-refractivity contribution is -0.231. The maximum atomic E-state index is 14.7. The van der Waals surface area contributed by atoms with Crippen molar-refractivity contribution in [3.63, 3.8) is 0 Å². The third-order valence-corrected chi connectivity index (χ3v) is 12.7. The minimum Gasteiger partial charge on any atom is -0.468 e. The minimum absolute atomic E-state index is 0.0481. The van der Waals surface area contributed by atoms with E-state index >= 15 is 0 Å². The van der Waals surface area contributed by atoms with Gasteiger partial charge in [-0.25, -0.2) is 0 Å². The van der Waals surface area contributed by atoms with Crippen molar-refractivity contribution in [1.29, 1.82) is 0 Å². The van der Waals surface area contributed by atoms with Crippen LogP contribution in [0.5, 0.6) is 5.75 Å². The van der Waals surface area contributed by atoms with Gasteiger partial charge in [0.15, 0.2) is 18.9 Å². The van der Waals surface area contributed by atoms with Crippen molar-refractivity contribution in [2.45, 2.75) is 136 Å². The lowest BCUT2D eigenvalue weighted by Gasteiger charge is -2.40. The third kappa shape index (κ3) is 9.03. The molecule has 0 amide bonds. The highest BCUT2D eigenvalue weighted by Crippen LogP contribution is 2.56. The van der Waals surface area contributed by atoms with Gasteiger partial charge in [0.25, 0.3) is 0 Å². The van der Waals surface area contributed by atoms with Crippen LogP contribution in [0.3, 0.4) is 0 Å². The summed E-state index contributed by atoms with van der Waals surface area (Å²) in [7, 11) is 4.19. The number of ether oxygens (including phenoxy) is 6. The molecule has 2 heterocycles. The fraction of sp³-hybridized carbons (Fsp3) is 0.721. The highest BCUT2D eigenvalue weighted by atomic mass is 16.7. The van der Waals surface area contributed by atoms with Crippen molar-refractivity contribution < 1.29 is 38.0 Å². The van der Waals surface area contributed by atoms with E-state index in [2.05, 4.69) is 58.0 Å². The van der Waals surface area contributed by atoms with Gasteiger partial charge in [-0.2, -0.15) is 0 Å². The molecule has 52 heavy (non-hydrogen) atoms. The van der Waals surface area contributed by atoms with E-state index in [0.29, 0.717) is 31.1 Å². The summed E-state index contributed by atoms with van der Waals surface area (Å²) in [5.41, 5.74) is 3.22. The predicted octanol–water partition coefficient (Wildman–Crippen LogP) is 7.66. The molecule has 288 valence electrons. The second-order valence-corrected chi connectivity index (χ2v) is 16.2. The second-order valence-electron chi connectivity index (χ2n) is 16.2. The number of allylic oxidation sites excluding steroid dienone is 4. The number of ketones is 1. The molecule has 9 heteroatoms. The van der Waals surface area contributed by atoms with E-state index in [-0.39, 0.29) is 79.3 Å². The molecule has 0 radical (unpaired) electrons. The molecule has 3 fully saturated rings. The van der Waals surface area contributed by atoms with Gasteiger partial charge in [0, 0.05) is 24.5 Å².